The average molecular weight is 531 g/mol. The molecule has 0 aliphatic heterocycles. The van der Waals surface area contributed by atoms with Gasteiger partial charge in [-0.1, -0.05) is 68.2 Å². The smallest absolute Gasteiger partial charge is 0.0663 e. The van der Waals surface area contributed by atoms with Gasteiger partial charge in [-0.25, -0.2) is 12.4 Å². The number of nitrogens with zero attached hydrogens (tertiary/aromatic N) is 3. The van der Waals surface area contributed by atoms with Crippen LogP contribution >= 0.6 is 9.42 Å². The molecule has 6 heteroatoms. The first-order chi connectivity index (χ1) is 10.8. The van der Waals surface area contributed by atoms with E-state index in [-0.39, 0.29) is 17.1 Å². The molecule has 0 spiro atoms. The van der Waals surface area contributed by atoms with Gasteiger partial charge in [0.25, 0.3) is 0 Å². The van der Waals surface area contributed by atoms with Crippen LogP contribution in [0.1, 0.15) is 82.1 Å². The molecule has 0 aromatic rings. The largest absolute Gasteiger partial charge is 0.687 e. The summed E-state index contributed by atoms with van der Waals surface area (Å²) in [5.74, 6) is 0. The molecule has 0 bridgehead atoms. The summed E-state index contributed by atoms with van der Waals surface area (Å²) in [4.78, 5) is 0. The Bertz CT molecular complexity index is 304. The molecule has 4 nitrogen and oxygen atoms in total. The summed E-state index contributed by atoms with van der Waals surface area (Å²) in [5.41, 5.74) is 6.67. The van der Waals surface area contributed by atoms with E-state index in [1.807, 2.05) is 40.1 Å². The second-order valence-corrected chi connectivity index (χ2v) is 9.69. The van der Waals surface area contributed by atoms with E-state index in [0.29, 0.717) is 6.04 Å². The monoisotopic (exact) mass is 530 g/mol. The Morgan fingerprint density at radius 3 is 1.38 bits per heavy atom. The van der Waals surface area contributed by atoms with Crippen LogP contribution in [0.5, 0.6) is 0 Å². The summed E-state index contributed by atoms with van der Waals surface area (Å²) in [5, 5.41) is 8.88. The topological polar surface area (TPSA) is 64.4 Å². The third-order valence-electron chi connectivity index (χ3n) is 2.90. The Morgan fingerprint density at radius 2 is 1.25 bits per heavy atom. The van der Waals surface area contributed by atoms with E-state index >= 15 is 0 Å². The van der Waals surface area contributed by atoms with Crippen molar-refractivity contribution in [2.75, 3.05) is 0 Å². The summed E-state index contributed by atoms with van der Waals surface area (Å²) >= 11 is -0.729. The van der Waals surface area contributed by atoms with Crippen molar-refractivity contribution in [3.05, 3.63) is 28.8 Å². The van der Waals surface area contributed by atoms with E-state index in [1.165, 1.54) is 0 Å². The fourth-order valence-electron chi connectivity index (χ4n) is 0.732. The van der Waals surface area contributed by atoms with Crippen molar-refractivity contribution in [1.29, 1.82) is 0 Å². The third kappa shape index (κ3) is 30.0. The number of rotatable bonds is 7. The van der Waals surface area contributed by atoms with Crippen molar-refractivity contribution in [1.82, 2.24) is 0 Å². The first-order valence-corrected chi connectivity index (χ1v) is 13.6. The van der Waals surface area contributed by atoms with Crippen molar-refractivity contribution < 1.29 is 17.3 Å². The Labute approximate surface area is 164 Å². The number of nitrogens with one attached hydrogen (secondary N) is 1. The van der Waals surface area contributed by atoms with Crippen LogP contribution in [0.25, 0.3) is 16.4 Å². The van der Waals surface area contributed by atoms with Crippen molar-refractivity contribution in [3.8, 4) is 0 Å². The number of hydrogen-bond donors (Lipinski definition) is 0. The quantitative estimate of drug-likeness (QED) is 0.322. The number of hydrogen-bond acceptors (Lipinski definition) is 1. The van der Waals surface area contributed by atoms with Gasteiger partial charge >= 0.3 is 50.1 Å². The minimum absolute atomic E-state index is 0.0440. The molecule has 0 atom stereocenters. The molecule has 0 aromatic carbocycles. The van der Waals surface area contributed by atoms with Gasteiger partial charge in [0.2, 0.25) is 0 Å². The van der Waals surface area contributed by atoms with Crippen LogP contribution in [0.3, 0.4) is 0 Å². The molecule has 24 heavy (non-hydrogen) atoms. The predicted molar refractivity (Wildman–Crippen MR) is 107 cm³/mol. The first-order valence-electron chi connectivity index (χ1n) is 8.61. The maximum Gasteiger partial charge on any atom is -0.0663 e. The molecule has 0 fully saturated rings. The molecule has 0 aliphatic rings. The summed E-state index contributed by atoms with van der Waals surface area (Å²) < 4.78 is 4.06. The fraction of sp³-hybridized carbons (Fsp3) is 0.889. The molecule has 1 N–H and O–H groups in total. The van der Waals surface area contributed by atoms with Gasteiger partial charge in [0.05, 0.1) is 0 Å². The fourth-order valence-corrected chi connectivity index (χ4v) is 2.61. The first kappa shape index (κ1) is 28.9. The molecule has 0 radical (unpaired) electrons. The van der Waals surface area contributed by atoms with Gasteiger partial charge < -0.3 is 16.4 Å². The van der Waals surface area contributed by atoms with Crippen LogP contribution in [-0.4, -0.2) is 23.2 Å². The van der Waals surface area contributed by atoms with Gasteiger partial charge in [0.1, 0.15) is 0 Å². The normalized spacial score (nSPS) is 12.1. The second-order valence-electron chi connectivity index (χ2n) is 7.31. The molecule has 0 saturated carbocycles. The molecule has 0 amide bonds. The summed E-state index contributed by atoms with van der Waals surface area (Å²) in [7, 11) is 5.40. The maximum atomic E-state index is 6.58. The molecular formula is C18H39ClN4W-3. The zero-order valence-corrected chi connectivity index (χ0v) is 21.0. The molecule has 0 saturated heterocycles. The van der Waals surface area contributed by atoms with E-state index in [1.54, 1.807) is 0 Å². The van der Waals surface area contributed by atoms with Crippen LogP contribution in [0.2, 0.25) is 0 Å². The van der Waals surface area contributed by atoms with Gasteiger partial charge in [-0.2, -0.15) is 0 Å². The SMILES string of the molecule is CC(C)[NH-].CC(C)[N]=[W][Cl].CCC(C)(C)[N-]/C=C\[N-]C(C)(C)CC. The van der Waals surface area contributed by atoms with Crippen LogP contribution in [0.4, 0.5) is 0 Å². The summed E-state index contributed by atoms with van der Waals surface area (Å²) in [6, 6.07) is 0.549. The van der Waals surface area contributed by atoms with Crippen molar-refractivity contribution in [2.45, 2.75) is 105 Å². The van der Waals surface area contributed by atoms with Crippen LogP contribution in [0.15, 0.2) is 15.9 Å². The third-order valence-corrected chi connectivity index (χ3v) is 5.35. The molecular weight excluding hydrogens is 492 g/mol. The van der Waals surface area contributed by atoms with Gasteiger partial charge in [0.15, 0.2) is 0 Å². The van der Waals surface area contributed by atoms with Gasteiger partial charge in [-0.15, -0.1) is 17.1 Å². The van der Waals surface area contributed by atoms with E-state index in [4.69, 9.17) is 15.2 Å². The van der Waals surface area contributed by atoms with Crippen molar-refractivity contribution in [3.63, 3.8) is 0 Å². The Hall–Kier alpha value is 0.0783. The molecule has 0 heterocycles. The zero-order chi connectivity index (χ0) is 19.8. The van der Waals surface area contributed by atoms with E-state index in [9.17, 15) is 0 Å². The van der Waals surface area contributed by atoms with Crippen molar-refractivity contribution in [2.24, 2.45) is 3.50 Å². The van der Waals surface area contributed by atoms with E-state index in [2.05, 4.69) is 55.7 Å². The van der Waals surface area contributed by atoms with E-state index in [0.717, 1.165) is 12.8 Å². The van der Waals surface area contributed by atoms with Crippen LogP contribution in [-0.2, 0) is 17.3 Å². The average Bonchev–Trinajstić information content (AvgIpc) is 2.44. The second kappa shape index (κ2) is 16.5. The van der Waals surface area contributed by atoms with E-state index < -0.39 is 17.3 Å². The Balaban J connectivity index is -0.000000363. The maximum absolute atomic E-state index is 6.58. The Kier molecular flexibility index (Phi) is 19.9. The van der Waals surface area contributed by atoms with Gasteiger partial charge in [-0.05, 0) is 0 Å². The van der Waals surface area contributed by atoms with Gasteiger partial charge in [0, 0.05) is 0 Å². The molecule has 147 valence electrons. The molecule has 0 unspecified atom stereocenters. The summed E-state index contributed by atoms with van der Waals surface area (Å²) in [6.45, 7) is 20.6. The summed E-state index contributed by atoms with van der Waals surface area (Å²) in [6.07, 6.45) is 5.74. The predicted octanol–water partition coefficient (Wildman–Crippen LogP) is 7.84. The van der Waals surface area contributed by atoms with Crippen LogP contribution < -0.4 is 0 Å². The minimum atomic E-state index is -0.729. The molecule has 0 rings (SSSR count). The Morgan fingerprint density at radius 1 is 0.958 bits per heavy atom. The minimum Gasteiger partial charge on any atom is -0.687 e. The zero-order valence-electron chi connectivity index (χ0n) is 17.4. The molecule has 0 aromatic heterocycles. The standard InChI is InChI=1S/C12H24N2.C3H8N.C3H7N.ClH.W/c1-7-11(3,4)13-9-10-14-12(5,6)8-2;2*1-3(2)4;;/h9-10H,7-8H2,1-6H3;3-4H,1-2H3;3H,1-2H3;1H;/q-2;-1;;;+1/p-1/b10-9-;;;;. The number of halogens is 1. The molecule has 0 aliphatic carbocycles. The van der Waals surface area contributed by atoms with Gasteiger partial charge in [-0.3, -0.25) is 0 Å². The van der Waals surface area contributed by atoms with Crippen molar-refractivity contribution >= 4 is 9.42 Å². The van der Waals surface area contributed by atoms with Crippen LogP contribution in [0, 0.1) is 0 Å².